The summed E-state index contributed by atoms with van der Waals surface area (Å²) in [7, 11) is 0. The predicted molar refractivity (Wildman–Crippen MR) is 100 cm³/mol. The number of carbonyl (C=O) groups excluding carboxylic acids is 1. The number of halogens is 1. The highest BCUT2D eigenvalue weighted by atomic mass is 19.1. The van der Waals surface area contributed by atoms with Gasteiger partial charge < -0.3 is 0 Å². The number of hydrogen-bond acceptors (Lipinski definition) is 4. The molecule has 0 radical (unpaired) electrons. The van der Waals surface area contributed by atoms with Crippen molar-refractivity contribution < 1.29 is 9.18 Å². The fourth-order valence-electron chi connectivity index (χ4n) is 2.95. The number of aryl methyl sites for hydroxylation is 2. The van der Waals surface area contributed by atoms with Crippen LogP contribution in [0.5, 0.6) is 0 Å². The molecule has 1 aromatic carbocycles. The molecule has 0 spiro atoms. The number of rotatable bonds is 3. The van der Waals surface area contributed by atoms with Crippen molar-refractivity contribution in [1.82, 2.24) is 19.6 Å². The van der Waals surface area contributed by atoms with E-state index in [1.165, 1.54) is 18.3 Å². The summed E-state index contributed by atoms with van der Waals surface area (Å²) in [4.78, 5) is 25.4. The van der Waals surface area contributed by atoms with Gasteiger partial charge in [0.05, 0.1) is 16.8 Å². The van der Waals surface area contributed by atoms with Crippen LogP contribution in [0.25, 0.3) is 22.3 Å². The summed E-state index contributed by atoms with van der Waals surface area (Å²) in [6.45, 7) is 3.68. The summed E-state index contributed by atoms with van der Waals surface area (Å²) in [5, 5.41) is 0.965. The molecule has 6 nitrogen and oxygen atoms in total. The van der Waals surface area contributed by atoms with Gasteiger partial charge in [-0.1, -0.05) is 12.1 Å². The number of nitrogens with one attached hydrogen (secondary N) is 1. The van der Waals surface area contributed by atoms with Gasteiger partial charge in [0.15, 0.2) is 5.82 Å². The van der Waals surface area contributed by atoms with Gasteiger partial charge in [0.1, 0.15) is 5.82 Å². The number of hydrogen-bond donors (Lipinski definition) is 1. The van der Waals surface area contributed by atoms with Crippen LogP contribution in [-0.2, 0) is 0 Å². The van der Waals surface area contributed by atoms with Gasteiger partial charge in [0, 0.05) is 35.7 Å². The van der Waals surface area contributed by atoms with Crippen molar-refractivity contribution in [1.29, 1.82) is 0 Å². The average Bonchev–Trinajstić information content (AvgIpc) is 2.97. The number of carbonyl (C=O) groups is 1. The molecule has 3 heterocycles. The molecule has 0 atom stereocenters. The zero-order valence-corrected chi connectivity index (χ0v) is 14.8. The third-order valence-corrected chi connectivity index (χ3v) is 4.33. The van der Waals surface area contributed by atoms with Crippen LogP contribution in [0.2, 0.25) is 0 Å². The molecule has 4 rings (SSSR count). The maximum atomic E-state index is 13.4. The Kier molecular flexibility index (Phi) is 4.12. The van der Waals surface area contributed by atoms with Crippen LogP contribution < -0.4 is 5.43 Å². The molecule has 0 aliphatic heterocycles. The molecule has 1 amide bonds. The molecule has 0 fully saturated rings. The van der Waals surface area contributed by atoms with Gasteiger partial charge in [-0.3, -0.25) is 19.9 Å². The molecule has 0 aliphatic rings. The largest absolute Gasteiger partial charge is 0.273 e. The van der Waals surface area contributed by atoms with Crippen LogP contribution in [0.15, 0.2) is 55.1 Å². The number of fused-ring (bicyclic) bond motifs is 1. The first-order valence-corrected chi connectivity index (χ1v) is 8.35. The zero-order valence-electron chi connectivity index (χ0n) is 14.8. The van der Waals surface area contributed by atoms with Crippen LogP contribution in [0, 0.1) is 19.7 Å². The standard InChI is InChI=1S/C20H16FN5O/c1-12-11-26(18-6-7-22-9-16(12)18)25-20(27)17-10-23-19(24-13(17)2)14-4-3-5-15(21)8-14/h3-11H,1-2H3,(H,25,27). The molecule has 7 heteroatoms. The van der Waals surface area contributed by atoms with E-state index in [2.05, 4.69) is 20.4 Å². The maximum absolute atomic E-state index is 13.4. The first kappa shape index (κ1) is 16.8. The fourth-order valence-corrected chi connectivity index (χ4v) is 2.95. The Labute approximate surface area is 154 Å². The molecule has 0 saturated heterocycles. The first-order chi connectivity index (χ1) is 13.0. The number of nitrogens with zero attached hydrogens (tertiary/aromatic N) is 4. The highest BCUT2D eigenvalue weighted by Gasteiger charge is 2.15. The van der Waals surface area contributed by atoms with E-state index in [0.29, 0.717) is 22.6 Å². The second-order valence-electron chi connectivity index (χ2n) is 6.22. The number of benzene rings is 1. The lowest BCUT2D eigenvalue weighted by Crippen LogP contribution is -2.23. The fraction of sp³-hybridized carbons (Fsp3) is 0.100. The van der Waals surface area contributed by atoms with E-state index >= 15 is 0 Å². The molecule has 0 saturated carbocycles. The summed E-state index contributed by atoms with van der Waals surface area (Å²) in [5.41, 5.74) is 6.12. The Balaban J connectivity index is 1.64. The molecule has 134 valence electrons. The first-order valence-electron chi connectivity index (χ1n) is 8.35. The molecular formula is C20H16FN5O. The molecule has 0 unspecified atom stereocenters. The van der Waals surface area contributed by atoms with Crippen LogP contribution in [0.3, 0.4) is 0 Å². The van der Waals surface area contributed by atoms with E-state index < -0.39 is 0 Å². The average molecular weight is 361 g/mol. The summed E-state index contributed by atoms with van der Waals surface area (Å²) in [6, 6.07) is 7.87. The number of amides is 1. The Morgan fingerprint density at radius 2 is 2.04 bits per heavy atom. The molecule has 0 bridgehead atoms. The van der Waals surface area contributed by atoms with E-state index in [4.69, 9.17) is 0 Å². The Hall–Kier alpha value is -3.61. The summed E-state index contributed by atoms with van der Waals surface area (Å²) in [6.07, 6.45) is 6.72. The minimum Gasteiger partial charge on any atom is -0.267 e. The Morgan fingerprint density at radius 1 is 1.19 bits per heavy atom. The smallest absolute Gasteiger partial charge is 0.267 e. The summed E-state index contributed by atoms with van der Waals surface area (Å²) in [5.74, 6) is -0.316. The quantitative estimate of drug-likeness (QED) is 0.605. The topological polar surface area (TPSA) is 72.7 Å². The molecule has 3 aromatic heterocycles. The van der Waals surface area contributed by atoms with E-state index in [-0.39, 0.29) is 11.7 Å². The van der Waals surface area contributed by atoms with E-state index in [0.717, 1.165) is 16.5 Å². The second kappa shape index (κ2) is 6.60. The van der Waals surface area contributed by atoms with Crippen LogP contribution >= 0.6 is 0 Å². The van der Waals surface area contributed by atoms with Crippen molar-refractivity contribution in [2.24, 2.45) is 0 Å². The van der Waals surface area contributed by atoms with E-state index in [1.54, 1.807) is 36.1 Å². The predicted octanol–water partition coefficient (Wildman–Crippen LogP) is 3.63. The Morgan fingerprint density at radius 3 is 2.81 bits per heavy atom. The minimum atomic E-state index is -0.361. The van der Waals surface area contributed by atoms with Crippen LogP contribution in [-0.4, -0.2) is 25.5 Å². The molecule has 27 heavy (non-hydrogen) atoms. The van der Waals surface area contributed by atoms with Crippen molar-refractivity contribution in [3.8, 4) is 11.4 Å². The van der Waals surface area contributed by atoms with Crippen molar-refractivity contribution in [2.45, 2.75) is 13.8 Å². The van der Waals surface area contributed by atoms with Gasteiger partial charge in [0.2, 0.25) is 0 Å². The third-order valence-electron chi connectivity index (χ3n) is 4.33. The summed E-state index contributed by atoms with van der Waals surface area (Å²) >= 11 is 0. The zero-order chi connectivity index (χ0) is 19.0. The van der Waals surface area contributed by atoms with Crippen LogP contribution in [0.4, 0.5) is 4.39 Å². The minimum absolute atomic E-state index is 0.327. The van der Waals surface area contributed by atoms with Gasteiger partial charge in [-0.05, 0) is 37.6 Å². The van der Waals surface area contributed by atoms with Crippen molar-refractivity contribution in [3.63, 3.8) is 0 Å². The SMILES string of the molecule is Cc1nc(-c2cccc(F)c2)ncc1C(=O)Nn1cc(C)c2cnccc21. The second-order valence-corrected chi connectivity index (χ2v) is 6.22. The van der Waals surface area contributed by atoms with Crippen molar-refractivity contribution in [3.05, 3.63) is 77.8 Å². The molecule has 4 aromatic rings. The number of pyridine rings is 1. The van der Waals surface area contributed by atoms with Gasteiger partial charge >= 0.3 is 0 Å². The summed E-state index contributed by atoms with van der Waals surface area (Å²) < 4.78 is 15.1. The van der Waals surface area contributed by atoms with Gasteiger partial charge in [-0.25, -0.2) is 14.4 Å². The number of aromatic nitrogens is 4. The highest BCUT2D eigenvalue weighted by molar-refractivity contribution is 6.01. The van der Waals surface area contributed by atoms with Gasteiger partial charge in [0.25, 0.3) is 5.91 Å². The van der Waals surface area contributed by atoms with Gasteiger partial charge in [-0.2, -0.15) is 0 Å². The van der Waals surface area contributed by atoms with Crippen molar-refractivity contribution in [2.75, 3.05) is 5.43 Å². The van der Waals surface area contributed by atoms with E-state index in [9.17, 15) is 9.18 Å². The monoisotopic (exact) mass is 361 g/mol. The lowest BCUT2D eigenvalue weighted by atomic mass is 10.2. The van der Waals surface area contributed by atoms with E-state index in [1.807, 2.05) is 19.2 Å². The third kappa shape index (κ3) is 3.15. The Bertz CT molecular complexity index is 1170. The van der Waals surface area contributed by atoms with Crippen LogP contribution in [0.1, 0.15) is 21.6 Å². The normalized spacial score (nSPS) is 10.9. The van der Waals surface area contributed by atoms with Gasteiger partial charge in [-0.15, -0.1) is 0 Å². The lowest BCUT2D eigenvalue weighted by Gasteiger charge is -2.10. The molecule has 1 N–H and O–H groups in total. The molecular weight excluding hydrogens is 345 g/mol. The van der Waals surface area contributed by atoms with Crippen molar-refractivity contribution >= 4 is 16.8 Å². The highest BCUT2D eigenvalue weighted by Crippen LogP contribution is 2.20. The lowest BCUT2D eigenvalue weighted by molar-refractivity contribution is 0.101. The maximum Gasteiger partial charge on any atom is 0.273 e. The molecule has 0 aliphatic carbocycles.